The van der Waals surface area contributed by atoms with Gasteiger partial charge in [-0.25, -0.2) is 4.79 Å². The molecule has 0 aromatic heterocycles. The molecule has 6 heteroatoms. The van der Waals surface area contributed by atoms with Crippen LogP contribution in [0.15, 0.2) is 35.9 Å². The van der Waals surface area contributed by atoms with Gasteiger partial charge in [0.2, 0.25) is 5.91 Å². The lowest BCUT2D eigenvalue weighted by atomic mass is 9.74. The Morgan fingerprint density at radius 3 is 2.40 bits per heavy atom. The maximum Gasteiger partial charge on any atom is 0.337 e. The van der Waals surface area contributed by atoms with Gasteiger partial charge in [0.25, 0.3) is 0 Å². The standard InChI is InChI=1S/C34H43NO5/c1-19-17-25(14-15-34(19,8)9)28-20(2)27(24-12-13-26-23(18-24)11-10-16-39-26)29(21(3)30(28)35-22(4)36)31(32(37)38)40-33(5,6)7/h12-14,17-18,31H,10-11,15-16H2,1-9H3,(H,35,36)(H,37,38). The fourth-order valence-corrected chi connectivity index (χ4v) is 5.71. The van der Waals surface area contributed by atoms with Crippen LogP contribution in [0, 0.1) is 19.3 Å². The molecular formula is C34H43NO5. The first-order chi connectivity index (χ1) is 18.6. The highest BCUT2D eigenvalue weighted by molar-refractivity contribution is 6.00. The SMILES string of the molecule is CC(=O)Nc1c(C)c(C(OC(C)(C)C)C(=O)O)c(-c2ccc3c(c2)CCCO3)c(C)c1C1=CCC(C)(C)C(C)=C1. The number of aryl methyl sites for hydroxylation is 1. The lowest BCUT2D eigenvalue weighted by molar-refractivity contribution is -0.160. The van der Waals surface area contributed by atoms with Crippen LogP contribution in [0.25, 0.3) is 16.7 Å². The number of ether oxygens (including phenoxy) is 2. The highest BCUT2D eigenvalue weighted by Gasteiger charge is 2.35. The summed E-state index contributed by atoms with van der Waals surface area (Å²) in [5, 5.41) is 13.6. The van der Waals surface area contributed by atoms with Gasteiger partial charge < -0.3 is 19.9 Å². The van der Waals surface area contributed by atoms with Crippen LogP contribution in [0.3, 0.4) is 0 Å². The van der Waals surface area contributed by atoms with Gasteiger partial charge in [0.05, 0.1) is 17.9 Å². The molecule has 2 aromatic rings. The molecular weight excluding hydrogens is 502 g/mol. The number of nitrogens with one attached hydrogen (secondary N) is 1. The summed E-state index contributed by atoms with van der Waals surface area (Å²) >= 11 is 0. The molecule has 4 rings (SSSR count). The highest BCUT2D eigenvalue weighted by atomic mass is 16.5. The second kappa shape index (κ2) is 10.9. The summed E-state index contributed by atoms with van der Waals surface area (Å²) < 4.78 is 12.1. The molecule has 2 aromatic carbocycles. The summed E-state index contributed by atoms with van der Waals surface area (Å²) in [4.78, 5) is 25.4. The van der Waals surface area contributed by atoms with Gasteiger partial charge in [-0.2, -0.15) is 0 Å². The number of carbonyl (C=O) groups excluding carboxylic acids is 1. The predicted octanol–water partition coefficient (Wildman–Crippen LogP) is 7.95. The number of hydrogen-bond acceptors (Lipinski definition) is 4. The number of hydrogen-bond donors (Lipinski definition) is 2. The summed E-state index contributed by atoms with van der Waals surface area (Å²) in [5.74, 6) is -0.414. The number of amides is 1. The summed E-state index contributed by atoms with van der Waals surface area (Å²) in [6.07, 6.45) is 5.88. The Morgan fingerprint density at radius 2 is 1.80 bits per heavy atom. The van der Waals surface area contributed by atoms with Crippen molar-refractivity contribution in [3.05, 3.63) is 63.7 Å². The van der Waals surface area contributed by atoms with Crippen molar-refractivity contribution in [3.63, 3.8) is 0 Å². The summed E-state index contributed by atoms with van der Waals surface area (Å²) in [5.41, 5.74) is 8.14. The minimum Gasteiger partial charge on any atom is -0.493 e. The molecule has 0 bridgehead atoms. The lowest BCUT2D eigenvalue weighted by Crippen LogP contribution is -2.29. The largest absolute Gasteiger partial charge is 0.493 e. The Balaban J connectivity index is 2.11. The maximum absolute atomic E-state index is 12.8. The van der Waals surface area contributed by atoms with Gasteiger partial charge in [-0.1, -0.05) is 37.6 Å². The molecule has 2 aliphatic rings. The number of allylic oxidation sites excluding steroid dienone is 4. The van der Waals surface area contributed by atoms with Gasteiger partial charge in [0, 0.05) is 18.1 Å². The number of carboxylic acids is 1. The number of carbonyl (C=O) groups is 2. The summed E-state index contributed by atoms with van der Waals surface area (Å²) in [6.45, 7) is 18.2. The van der Waals surface area contributed by atoms with Crippen molar-refractivity contribution >= 4 is 23.1 Å². The number of carboxylic acid groups (broad SMARTS) is 1. The zero-order valence-electron chi connectivity index (χ0n) is 25.4. The Kier molecular flexibility index (Phi) is 8.06. The minimum atomic E-state index is -1.24. The topological polar surface area (TPSA) is 84.9 Å². The zero-order valence-corrected chi connectivity index (χ0v) is 25.4. The van der Waals surface area contributed by atoms with Gasteiger partial charge >= 0.3 is 5.97 Å². The van der Waals surface area contributed by atoms with E-state index in [1.165, 1.54) is 12.5 Å². The summed E-state index contributed by atoms with van der Waals surface area (Å²) in [6, 6.07) is 6.11. The zero-order chi connectivity index (χ0) is 29.6. The molecule has 0 fully saturated rings. The van der Waals surface area contributed by atoms with E-state index < -0.39 is 17.7 Å². The normalized spacial score (nSPS) is 17.2. The molecule has 1 aliphatic carbocycles. The van der Waals surface area contributed by atoms with E-state index in [1.807, 2.05) is 46.8 Å². The average molecular weight is 546 g/mol. The van der Waals surface area contributed by atoms with Crippen molar-refractivity contribution in [2.75, 3.05) is 11.9 Å². The van der Waals surface area contributed by atoms with Gasteiger partial charge in [-0.15, -0.1) is 0 Å². The van der Waals surface area contributed by atoms with E-state index in [1.54, 1.807) is 0 Å². The van der Waals surface area contributed by atoms with Crippen molar-refractivity contribution in [1.82, 2.24) is 0 Å². The first-order valence-electron chi connectivity index (χ1n) is 14.1. The second-order valence-corrected chi connectivity index (χ2v) is 12.8. The molecule has 0 radical (unpaired) electrons. The number of fused-ring (bicyclic) bond motifs is 1. The Morgan fingerprint density at radius 1 is 1.10 bits per heavy atom. The van der Waals surface area contributed by atoms with Crippen LogP contribution in [-0.2, 0) is 20.7 Å². The van der Waals surface area contributed by atoms with Crippen molar-refractivity contribution in [3.8, 4) is 16.9 Å². The quantitative estimate of drug-likeness (QED) is 0.385. The molecule has 1 unspecified atom stereocenters. The monoisotopic (exact) mass is 545 g/mol. The van der Waals surface area contributed by atoms with E-state index in [9.17, 15) is 14.7 Å². The van der Waals surface area contributed by atoms with Gasteiger partial charge in [-0.05, 0) is 112 Å². The molecule has 1 aliphatic heterocycles. The minimum absolute atomic E-state index is 0.0385. The van der Waals surface area contributed by atoms with Crippen molar-refractivity contribution in [2.45, 2.75) is 93.3 Å². The van der Waals surface area contributed by atoms with Gasteiger partial charge in [0.15, 0.2) is 6.10 Å². The van der Waals surface area contributed by atoms with E-state index in [0.29, 0.717) is 23.4 Å². The number of benzene rings is 2. The first-order valence-corrected chi connectivity index (χ1v) is 14.1. The van der Waals surface area contributed by atoms with Crippen LogP contribution >= 0.6 is 0 Å². The van der Waals surface area contributed by atoms with Crippen LogP contribution in [0.1, 0.15) is 95.2 Å². The molecule has 1 amide bonds. The van der Waals surface area contributed by atoms with E-state index in [0.717, 1.165) is 58.4 Å². The van der Waals surface area contributed by atoms with Crippen LogP contribution in [0.5, 0.6) is 5.75 Å². The molecule has 214 valence electrons. The molecule has 6 nitrogen and oxygen atoms in total. The Labute approximate surface area is 238 Å². The molecule has 1 atom stereocenters. The molecule has 0 spiro atoms. The molecule has 1 heterocycles. The van der Waals surface area contributed by atoms with Crippen molar-refractivity contribution < 1.29 is 24.2 Å². The molecule has 40 heavy (non-hydrogen) atoms. The molecule has 0 saturated heterocycles. The smallest absolute Gasteiger partial charge is 0.337 e. The molecule has 2 N–H and O–H groups in total. The number of rotatable bonds is 6. The van der Waals surface area contributed by atoms with E-state index in [2.05, 4.69) is 44.3 Å². The van der Waals surface area contributed by atoms with Crippen LogP contribution in [0.4, 0.5) is 5.69 Å². The Hall–Kier alpha value is -3.38. The number of anilines is 1. The van der Waals surface area contributed by atoms with E-state index in [-0.39, 0.29) is 11.3 Å². The fourth-order valence-electron chi connectivity index (χ4n) is 5.71. The third kappa shape index (κ3) is 5.87. The van der Waals surface area contributed by atoms with Crippen molar-refractivity contribution in [2.24, 2.45) is 5.41 Å². The third-order valence-electron chi connectivity index (χ3n) is 8.06. The maximum atomic E-state index is 12.8. The Bertz CT molecular complexity index is 1420. The van der Waals surface area contributed by atoms with Crippen molar-refractivity contribution in [1.29, 1.82) is 0 Å². The summed E-state index contributed by atoms with van der Waals surface area (Å²) in [7, 11) is 0. The van der Waals surface area contributed by atoms with Gasteiger partial charge in [0.1, 0.15) is 5.75 Å². The highest BCUT2D eigenvalue weighted by Crippen LogP contribution is 2.48. The van der Waals surface area contributed by atoms with E-state index >= 15 is 0 Å². The number of aliphatic carboxylic acids is 1. The van der Waals surface area contributed by atoms with Gasteiger partial charge in [-0.3, -0.25) is 4.79 Å². The van der Waals surface area contributed by atoms with Crippen LogP contribution in [0.2, 0.25) is 0 Å². The molecule has 0 saturated carbocycles. The lowest BCUT2D eigenvalue weighted by Gasteiger charge is -2.33. The average Bonchev–Trinajstić information content (AvgIpc) is 2.85. The van der Waals surface area contributed by atoms with Crippen LogP contribution in [-0.4, -0.2) is 29.2 Å². The second-order valence-electron chi connectivity index (χ2n) is 12.8. The predicted molar refractivity (Wildman–Crippen MR) is 161 cm³/mol. The van der Waals surface area contributed by atoms with E-state index in [4.69, 9.17) is 9.47 Å². The third-order valence-corrected chi connectivity index (χ3v) is 8.06. The fraction of sp³-hybridized carbons (Fsp3) is 0.471. The first kappa shape index (κ1) is 29.6. The van der Waals surface area contributed by atoms with Crippen LogP contribution < -0.4 is 10.1 Å².